The van der Waals surface area contributed by atoms with E-state index in [2.05, 4.69) is 6.92 Å². The number of aliphatic hydroxyl groups is 1. The highest BCUT2D eigenvalue weighted by atomic mass is 32.2. The second-order valence-electron chi connectivity index (χ2n) is 5.36. The number of amides is 1. The van der Waals surface area contributed by atoms with Crippen LogP contribution in [0.2, 0.25) is 0 Å². The normalized spacial score (nSPS) is 38.2. The van der Waals surface area contributed by atoms with E-state index in [1.165, 1.54) is 0 Å². The van der Waals surface area contributed by atoms with Gasteiger partial charge in [-0.1, -0.05) is 0 Å². The van der Waals surface area contributed by atoms with Gasteiger partial charge in [0.2, 0.25) is 5.91 Å². The molecule has 2 aliphatic rings. The van der Waals surface area contributed by atoms with Gasteiger partial charge in [-0.15, -0.1) is 11.8 Å². The Morgan fingerprint density at radius 1 is 1.56 bits per heavy atom. The number of rotatable bonds is 3. The Kier molecular flexibility index (Phi) is 3.50. The van der Waals surface area contributed by atoms with Gasteiger partial charge in [-0.2, -0.15) is 0 Å². The first-order valence-electron chi connectivity index (χ1n) is 6.09. The number of hydrogen-bond donors (Lipinski definition) is 1. The van der Waals surface area contributed by atoms with Gasteiger partial charge in [0.1, 0.15) is 0 Å². The third-order valence-corrected chi connectivity index (χ3v) is 5.27. The summed E-state index contributed by atoms with van der Waals surface area (Å²) in [5.41, 5.74) is 0. The van der Waals surface area contributed by atoms with E-state index in [0.29, 0.717) is 5.92 Å². The second kappa shape index (κ2) is 4.57. The zero-order valence-electron chi connectivity index (χ0n) is 10.1. The van der Waals surface area contributed by atoms with Crippen LogP contribution >= 0.6 is 11.8 Å². The molecule has 2 fully saturated rings. The summed E-state index contributed by atoms with van der Waals surface area (Å²) >= 11 is 1.79. The molecule has 0 aromatic rings. The quantitative estimate of drug-likeness (QED) is 0.816. The van der Waals surface area contributed by atoms with Crippen LogP contribution < -0.4 is 0 Å². The molecule has 1 saturated carbocycles. The summed E-state index contributed by atoms with van der Waals surface area (Å²) in [7, 11) is 1.90. The average molecular weight is 243 g/mol. The summed E-state index contributed by atoms with van der Waals surface area (Å²) < 4.78 is -0.183. The van der Waals surface area contributed by atoms with E-state index in [1.807, 2.05) is 11.9 Å². The van der Waals surface area contributed by atoms with E-state index in [0.717, 1.165) is 38.0 Å². The lowest BCUT2D eigenvalue weighted by Gasteiger charge is -2.36. The van der Waals surface area contributed by atoms with Gasteiger partial charge in [0, 0.05) is 13.6 Å². The van der Waals surface area contributed by atoms with E-state index in [4.69, 9.17) is 0 Å². The first-order chi connectivity index (χ1) is 7.51. The minimum Gasteiger partial charge on any atom is -0.393 e. The lowest BCUT2D eigenvalue weighted by atomic mass is 9.82. The van der Waals surface area contributed by atoms with E-state index in [-0.39, 0.29) is 16.8 Å². The molecule has 1 unspecified atom stereocenters. The predicted molar refractivity (Wildman–Crippen MR) is 66.5 cm³/mol. The van der Waals surface area contributed by atoms with Crippen LogP contribution in [0.25, 0.3) is 0 Å². The van der Waals surface area contributed by atoms with Crippen molar-refractivity contribution >= 4 is 17.7 Å². The fraction of sp³-hybridized carbons (Fsp3) is 0.917. The van der Waals surface area contributed by atoms with Gasteiger partial charge in [0.25, 0.3) is 0 Å². The summed E-state index contributed by atoms with van der Waals surface area (Å²) in [5, 5.41) is 9.22. The molecule has 4 heteroatoms. The van der Waals surface area contributed by atoms with Gasteiger partial charge in [-0.3, -0.25) is 4.79 Å². The maximum atomic E-state index is 12.3. The minimum atomic E-state index is -0.183. The molecular formula is C12H21NO2S. The molecule has 1 aliphatic heterocycles. The topological polar surface area (TPSA) is 40.5 Å². The first-order valence-corrected chi connectivity index (χ1v) is 7.07. The van der Waals surface area contributed by atoms with Gasteiger partial charge < -0.3 is 10.0 Å². The van der Waals surface area contributed by atoms with Crippen LogP contribution in [0.5, 0.6) is 0 Å². The average Bonchev–Trinajstić information content (AvgIpc) is 2.63. The highest BCUT2D eigenvalue weighted by Crippen LogP contribution is 2.39. The van der Waals surface area contributed by atoms with Crippen LogP contribution in [0, 0.1) is 5.92 Å². The third-order valence-electron chi connectivity index (χ3n) is 3.76. The molecule has 3 nitrogen and oxygen atoms in total. The zero-order valence-corrected chi connectivity index (χ0v) is 10.9. The molecule has 1 heterocycles. The maximum Gasteiger partial charge on any atom is 0.238 e. The van der Waals surface area contributed by atoms with Crippen molar-refractivity contribution < 1.29 is 9.90 Å². The Morgan fingerprint density at radius 3 is 2.75 bits per heavy atom. The van der Waals surface area contributed by atoms with Crippen LogP contribution in [-0.4, -0.2) is 46.1 Å². The minimum absolute atomic E-state index is 0.120. The molecule has 0 radical (unpaired) electrons. The standard InChI is InChI=1S/C12H21NO2S/c1-12(4-3-5-16-12)11(15)13(2)8-9-6-10(14)7-9/h9-10,14H,3-8H2,1-2H3. The molecule has 0 aromatic heterocycles. The molecule has 92 valence electrons. The Balaban J connectivity index is 1.84. The highest BCUT2D eigenvalue weighted by Gasteiger charge is 2.40. The fourth-order valence-electron chi connectivity index (χ4n) is 2.67. The molecule has 1 saturated heterocycles. The van der Waals surface area contributed by atoms with Gasteiger partial charge in [-0.05, 0) is 44.3 Å². The lowest BCUT2D eigenvalue weighted by molar-refractivity contribution is -0.133. The molecule has 0 spiro atoms. The van der Waals surface area contributed by atoms with Gasteiger partial charge in [0.15, 0.2) is 0 Å². The van der Waals surface area contributed by atoms with Crippen LogP contribution in [0.4, 0.5) is 0 Å². The molecule has 0 aromatic carbocycles. The Morgan fingerprint density at radius 2 is 2.25 bits per heavy atom. The number of aliphatic hydroxyl groups excluding tert-OH is 1. The highest BCUT2D eigenvalue weighted by molar-refractivity contribution is 8.01. The van der Waals surface area contributed by atoms with Crippen molar-refractivity contribution in [2.45, 2.75) is 43.5 Å². The van der Waals surface area contributed by atoms with Crippen molar-refractivity contribution in [3.05, 3.63) is 0 Å². The van der Waals surface area contributed by atoms with Crippen molar-refractivity contribution in [2.75, 3.05) is 19.3 Å². The Bertz CT molecular complexity index is 270. The molecule has 1 N–H and O–H groups in total. The summed E-state index contributed by atoms with van der Waals surface area (Å²) in [6.07, 6.45) is 3.77. The SMILES string of the molecule is CN(CC1CC(O)C1)C(=O)C1(C)CCCS1. The van der Waals surface area contributed by atoms with Gasteiger partial charge in [-0.25, -0.2) is 0 Å². The van der Waals surface area contributed by atoms with Gasteiger partial charge >= 0.3 is 0 Å². The van der Waals surface area contributed by atoms with Crippen molar-refractivity contribution in [1.82, 2.24) is 4.90 Å². The summed E-state index contributed by atoms with van der Waals surface area (Å²) in [5.74, 6) is 1.90. The fourth-order valence-corrected chi connectivity index (χ4v) is 3.98. The molecule has 16 heavy (non-hydrogen) atoms. The smallest absolute Gasteiger partial charge is 0.238 e. The van der Waals surface area contributed by atoms with Crippen molar-refractivity contribution in [3.63, 3.8) is 0 Å². The number of carbonyl (C=O) groups is 1. The van der Waals surface area contributed by atoms with E-state index in [9.17, 15) is 9.90 Å². The maximum absolute atomic E-state index is 12.3. The monoisotopic (exact) mass is 243 g/mol. The zero-order chi connectivity index (χ0) is 11.8. The van der Waals surface area contributed by atoms with Gasteiger partial charge in [0.05, 0.1) is 10.9 Å². The Hall–Kier alpha value is -0.220. The van der Waals surface area contributed by atoms with Crippen LogP contribution in [0.3, 0.4) is 0 Å². The summed E-state index contributed by atoms with van der Waals surface area (Å²) in [4.78, 5) is 14.1. The summed E-state index contributed by atoms with van der Waals surface area (Å²) in [6, 6.07) is 0. The number of hydrogen-bond acceptors (Lipinski definition) is 3. The first kappa shape index (κ1) is 12.2. The van der Waals surface area contributed by atoms with Crippen molar-refractivity contribution in [2.24, 2.45) is 5.92 Å². The van der Waals surface area contributed by atoms with Crippen molar-refractivity contribution in [1.29, 1.82) is 0 Å². The molecule has 2 rings (SSSR count). The van der Waals surface area contributed by atoms with Crippen molar-refractivity contribution in [3.8, 4) is 0 Å². The molecule has 1 aliphatic carbocycles. The number of nitrogens with zero attached hydrogens (tertiary/aromatic N) is 1. The molecule has 1 atom stereocenters. The Labute approximate surface area is 102 Å². The van der Waals surface area contributed by atoms with Crippen LogP contribution in [0.1, 0.15) is 32.6 Å². The van der Waals surface area contributed by atoms with E-state index >= 15 is 0 Å². The molecule has 1 amide bonds. The molecular weight excluding hydrogens is 222 g/mol. The van der Waals surface area contributed by atoms with E-state index < -0.39 is 0 Å². The second-order valence-corrected chi connectivity index (χ2v) is 6.96. The number of thioether (sulfide) groups is 1. The number of carbonyl (C=O) groups excluding carboxylic acids is 1. The summed E-state index contributed by atoms with van der Waals surface area (Å²) in [6.45, 7) is 2.88. The lowest BCUT2D eigenvalue weighted by Crippen LogP contribution is -2.46. The molecule has 0 bridgehead atoms. The predicted octanol–water partition coefficient (Wildman–Crippen LogP) is 1.50. The third kappa shape index (κ3) is 2.38. The largest absolute Gasteiger partial charge is 0.393 e. The van der Waals surface area contributed by atoms with Crippen LogP contribution in [-0.2, 0) is 4.79 Å². The van der Waals surface area contributed by atoms with E-state index in [1.54, 1.807) is 11.8 Å². The van der Waals surface area contributed by atoms with Crippen LogP contribution in [0.15, 0.2) is 0 Å².